The average molecular weight is 439 g/mol. The van der Waals surface area contributed by atoms with Gasteiger partial charge in [-0.05, 0) is 18.2 Å². The summed E-state index contributed by atoms with van der Waals surface area (Å²) in [5, 5.41) is 11.9. The van der Waals surface area contributed by atoms with E-state index in [1.165, 1.54) is 37.2 Å². The minimum atomic E-state index is -3.66. The fraction of sp³-hybridized carbons (Fsp3) is 0.474. The van der Waals surface area contributed by atoms with Gasteiger partial charge in [0.1, 0.15) is 17.8 Å². The number of hydrogen-bond acceptors (Lipinski definition) is 7. The van der Waals surface area contributed by atoms with Crippen molar-refractivity contribution < 1.29 is 23.1 Å². The summed E-state index contributed by atoms with van der Waals surface area (Å²) in [4.78, 5) is 43.3. The van der Waals surface area contributed by atoms with E-state index in [0.29, 0.717) is 5.39 Å². The molecule has 0 aromatic carbocycles. The lowest BCUT2D eigenvalue weighted by molar-refractivity contribution is -0.132. The highest BCUT2D eigenvalue weighted by molar-refractivity contribution is 7.90. The number of aromatic nitrogens is 2. The summed E-state index contributed by atoms with van der Waals surface area (Å²) in [6.45, 7) is 3.21. The highest BCUT2D eigenvalue weighted by atomic mass is 32.2. The normalized spacial score (nSPS) is 12.1. The van der Waals surface area contributed by atoms with E-state index in [-0.39, 0.29) is 29.4 Å². The van der Waals surface area contributed by atoms with Crippen LogP contribution >= 0.6 is 0 Å². The number of aliphatic hydroxyl groups is 1. The van der Waals surface area contributed by atoms with Crippen LogP contribution in [-0.2, 0) is 21.2 Å². The molecule has 2 amide bonds. The quantitative estimate of drug-likeness (QED) is 0.602. The van der Waals surface area contributed by atoms with Crippen molar-refractivity contribution in [3.05, 3.63) is 34.1 Å². The van der Waals surface area contributed by atoms with Crippen LogP contribution < -0.4 is 10.9 Å². The Bertz CT molecular complexity index is 1150. The molecule has 2 N–H and O–H groups in total. The van der Waals surface area contributed by atoms with E-state index in [0.717, 1.165) is 10.8 Å². The number of amides is 2. The number of hydrogen-bond donors (Lipinski definition) is 2. The third-order valence-corrected chi connectivity index (χ3v) is 5.56. The molecule has 0 fully saturated rings. The van der Waals surface area contributed by atoms with E-state index in [4.69, 9.17) is 0 Å². The van der Waals surface area contributed by atoms with Gasteiger partial charge in [-0.25, -0.2) is 13.4 Å². The minimum Gasteiger partial charge on any atom is -0.396 e. The van der Waals surface area contributed by atoms with Crippen molar-refractivity contribution in [2.45, 2.75) is 25.4 Å². The third-order valence-electron chi connectivity index (χ3n) is 4.57. The maximum atomic E-state index is 12.9. The van der Waals surface area contributed by atoms with Gasteiger partial charge >= 0.3 is 0 Å². The standard InChI is InChI=1S/C19H26N4O6S/c1-19(2,11-24)10-22(4)15(25)9-23-16-12(6-7-14(21-16)30(5,28)29)8-13(18(23)27)17(26)20-3/h6-8,24H,9-11H2,1-5H3,(H,20,26). The van der Waals surface area contributed by atoms with E-state index in [9.17, 15) is 27.9 Å². The Morgan fingerprint density at radius 2 is 1.93 bits per heavy atom. The summed E-state index contributed by atoms with van der Waals surface area (Å²) in [6, 6.07) is 4.02. The van der Waals surface area contributed by atoms with Gasteiger partial charge in [0.05, 0.1) is 0 Å². The van der Waals surface area contributed by atoms with Gasteiger partial charge in [0.15, 0.2) is 14.9 Å². The van der Waals surface area contributed by atoms with Crippen LogP contribution in [-0.4, -0.2) is 73.3 Å². The van der Waals surface area contributed by atoms with Gasteiger partial charge in [-0.1, -0.05) is 13.8 Å². The van der Waals surface area contributed by atoms with Gasteiger partial charge in [0, 0.05) is 44.3 Å². The molecule has 0 radical (unpaired) electrons. The van der Waals surface area contributed by atoms with Crippen molar-refractivity contribution in [2.75, 3.05) is 33.5 Å². The van der Waals surface area contributed by atoms with Gasteiger partial charge in [0.2, 0.25) is 5.91 Å². The molecule has 0 aliphatic rings. The Kier molecular flexibility index (Phi) is 6.67. The Morgan fingerprint density at radius 3 is 2.47 bits per heavy atom. The molecule has 2 aromatic heterocycles. The second-order valence-corrected chi connectivity index (χ2v) is 9.90. The van der Waals surface area contributed by atoms with Gasteiger partial charge in [-0.3, -0.25) is 19.0 Å². The first-order valence-electron chi connectivity index (χ1n) is 9.12. The molecule has 0 aliphatic carbocycles. The molecular weight excluding hydrogens is 412 g/mol. The fourth-order valence-corrected chi connectivity index (χ4v) is 3.48. The van der Waals surface area contributed by atoms with E-state index in [1.807, 2.05) is 0 Å². The van der Waals surface area contributed by atoms with Gasteiger partial charge in [-0.2, -0.15) is 0 Å². The summed E-state index contributed by atoms with van der Waals surface area (Å²) >= 11 is 0. The molecule has 2 aromatic rings. The van der Waals surface area contributed by atoms with Crippen molar-refractivity contribution in [3.8, 4) is 0 Å². The molecule has 0 spiro atoms. The molecule has 2 rings (SSSR count). The van der Waals surface area contributed by atoms with Crippen LogP contribution in [0, 0.1) is 5.41 Å². The van der Waals surface area contributed by atoms with Gasteiger partial charge in [-0.15, -0.1) is 0 Å². The summed E-state index contributed by atoms with van der Waals surface area (Å²) in [6.07, 6.45) is 0.985. The maximum absolute atomic E-state index is 12.9. The number of nitrogens with zero attached hydrogens (tertiary/aromatic N) is 3. The Balaban J connectivity index is 2.64. The number of nitrogens with one attached hydrogen (secondary N) is 1. The number of aliphatic hydroxyl groups excluding tert-OH is 1. The zero-order valence-electron chi connectivity index (χ0n) is 17.6. The van der Waals surface area contributed by atoms with E-state index >= 15 is 0 Å². The van der Waals surface area contributed by atoms with Crippen molar-refractivity contribution in [3.63, 3.8) is 0 Å². The van der Waals surface area contributed by atoms with Gasteiger partial charge < -0.3 is 15.3 Å². The number of sulfone groups is 1. The Hall–Kier alpha value is -2.79. The summed E-state index contributed by atoms with van der Waals surface area (Å²) in [5.41, 5.74) is -1.52. The second kappa shape index (κ2) is 8.52. The lowest BCUT2D eigenvalue weighted by Crippen LogP contribution is -2.41. The highest BCUT2D eigenvalue weighted by Crippen LogP contribution is 2.18. The smallest absolute Gasteiger partial charge is 0.265 e. The molecular formula is C19H26N4O6S. The van der Waals surface area contributed by atoms with Crippen LogP contribution in [0.2, 0.25) is 0 Å². The zero-order chi connectivity index (χ0) is 22.9. The molecule has 0 atom stereocenters. The van der Waals surface area contributed by atoms with Crippen LogP contribution in [0.1, 0.15) is 24.2 Å². The van der Waals surface area contributed by atoms with E-state index < -0.39 is 39.2 Å². The summed E-state index contributed by atoms with van der Waals surface area (Å²) < 4.78 is 24.8. The number of pyridine rings is 2. The highest BCUT2D eigenvalue weighted by Gasteiger charge is 2.24. The first-order chi connectivity index (χ1) is 13.8. The SMILES string of the molecule is CNC(=O)c1cc2ccc(S(C)(=O)=O)nc2n(CC(=O)N(C)CC(C)(C)CO)c1=O. The number of likely N-dealkylation sites (N-methyl/N-ethyl adjacent to an activating group) is 1. The molecule has 10 nitrogen and oxygen atoms in total. The first-order valence-corrected chi connectivity index (χ1v) is 11.0. The number of carbonyl (C=O) groups excluding carboxylic acids is 2. The van der Waals surface area contributed by atoms with E-state index in [1.54, 1.807) is 13.8 Å². The van der Waals surface area contributed by atoms with Crippen LogP contribution in [0.25, 0.3) is 11.0 Å². The van der Waals surface area contributed by atoms with Crippen molar-refractivity contribution in [1.29, 1.82) is 0 Å². The second-order valence-electron chi connectivity index (χ2n) is 7.94. The molecule has 0 aliphatic heterocycles. The largest absolute Gasteiger partial charge is 0.396 e. The molecule has 0 saturated carbocycles. The average Bonchev–Trinajstić information content (AvgIpc) is 2.67. The van der Waals surface area contributed by atoms with Crippen LogP contribution in [0.5, 0.6) is 0 Å². The molecule has 164 valence electrons. The molecule has 11 heteroatoms. The van der Waals surface area contributed by atoms with Crippen molar-refractivity contribution >= 4 is 32.7 Å². The molecule has 0 unspecified atom stereocenters. The molecule has 0 bridgehead atoms. The lowest BCUT2D eigenvalue weighted by atomic mass is 9.94. The number of carbonyl (C=O) groups is 2. The molecule has 2 heterocycles. The first kappa shape index (κ1) is 23.5. The van der Waals surface area contributed by atoms with Crippen LogP contribution in [0.15, 0.2) is 28.0 Å². The summed E-state index contributed by atoms with van der Waals surface area (Å²) in [5.74, 6) is -1.09. The maximum Gasteiger partial charge on any atom is 0.265 e. The summed E-state index contributed by atoms with van der Waals surface area (Å²) in [7, 11) is -0.751. The zero-order valence-corrected chi connectivity index (χ0v) is 18.4. The number of fused-ring (bicyclic) bond motifs is 1. The predicted octanol–water partition coefficient (Wildman–Crippen LogP) is -0.363. The van der Waals surface area contributed by atoms with Crippen molar-refractivity contribution in [2.24, 2.45) is 5.41 Å². The monoisotopic (exact) mass is 438 g/mol. The Labute approximate surface area is 174 Å². The number of rotatable bonds is 7. The minimum absolute atomic E-state index is 0.0150. The lowest BCUT2D eigenvalue weighted by Gasteiger charge is -2.28. The molecule has 0 saturated heterocycles. The predicted molar refractivity (Wildman–Crippen MR) is 111 cm³/mol. The Morgan fingerprint density at radius 1 is 1.30 bits per heavy atom. The van der Waals surface area contributed by atoms with E-state index in [2.05, 4.69) is 10.3 Å². The third kappa shape index (κ3) is 5.03. The van der Waals surface area contributed by atoms with Gasteiger partial charge in [0.25, 0.3) is 11.5 Å². The topological polar surface area (TPSA) is 139 Å². The van der Waals surface area contributed by atoms with Crippen molar-refractivity contribution in [1.82, 2.24) is 19.8 Å². The fourth-order valence-electron chi connectivity index (χ4n) is 2.92. The molecule has 30 heavy (non-hydrogen) atoms. The van der Waals surface area contributed by atoms with Crippen LogP contribution in [0.4, 0.5) is 0 Å². The van der Waals surface area contributed by atoms with Crippen LogP contribution in [0.3, 0.4) is 0 Å².